The number of nitrogens with zero attached hydrogens (tertiary/aromatic N) is 3. The lowest BCUT2D eigenvalue weighted by atomic mass is 10.2. The van der Waals surface area contributed by atoms with E-state index in [1.54, 1.807) is 11.8 Å². The van der Waals surface area contributed by atoms with E-state index in [1.807, 2.05) is 14.0 Å². The lowest BCUT2D eigenvalue weighted by Crippen LogP contribution is -2.17. The van der Waals surface area contributed by atoms with Gasteiger partial charge in [0.15, 0.2) is 5.82 Å². The zero-order valence-electron chi connectivity index (χ0n) is 10.9. The number of hydrogen-bond donors (Lipinski definition) is 0. The molecule has 0 amide bonds. The summed E-state index contributed by atoms with van der Waals surface area (Å²) >= 11 is 1.75. The third-order valence-corrected chi connectivity index (χ3v) is 3.33. The Hall–Kier alpha value is -1.33. The van der Waals surface area contributed by atoms with Gasteiger partial charge >= 0.3 is 0 Å². The first-order chi connectivity index (χ1) is 8.67. The minimum atomic E-state index is 0.663. The van der Waals surface area contributed by atoms with Gasteiger partial charge < -0.3 is 4.52 Å². The molecule has 0 N–H and O–H groups in total. The molecule has 0 saturated heterocycles. The van der Waals surface area contributed by atoms with Crippen molar-refractivity contribution in [2.75, 3.05) is 13.3 Å². The highest BCUT2D eigenvalue weighted by Gasteiger charge is 2.07. The molecule has 0 atom stereocenters. The molecule has 0 bridgehead atoms. The molecule has 5 heteroatoms. The maximum Gasteiger partial charge on any atom is 0.240 e. The van der Waals surface area contributed by atoms with E-state index < -0.39 is 0 Å². The summed E-state index contributed by atoms with van der Waals surface area (Å²) in [5, 5.41) is 3.78. The number of aryl methyl sites for hydroxylation is 1. The SMILES string of the molecule is CSc1ccc(CN(C)Cc2nc(C)no2)cc1. The number of benzene rings is 1. The van der Waals surface area contributed by atoms with E-state index in [4.69, 9.17) is 4.52 Å². The van der Waals surface area contributed by atoms with E-state index in [2.05, 4.69) is 45.6 Å². The van der Waals surface area contributed by atoms with Crippen LogP contribution in [0.15, 0.2) is 33.7 Å². The van der Waals surface area contributed by atoms with Crippen molar-refractivity contribution in [3.63, 3.8) is 0 Å². The molecule has 0 aliphatic heterocycles. The van der Waals surface area contributed by atoms with Crippen LogP contribution in [0.5, 0.6) is 0 Å². The molecule has 2 aromatic rings. The van der Waals surface area contributed by atoms with Gasteiger partial charge in [0.05, 0.1) is 6.54 Å². The van der Waals surface area contributed by atoms with E-state index in [0.717, 1.165) is 6.54 Å². The average Bonchev–Trinajstić information content (AvgIpc) is 2.75. The summed E-state index contributed by atoms with van der Waals surface area (Å²) in [5.74, 6) is 1.35. The first kappa shape index (κ1) is 13.1. The Morgan fingerprint density at radius 2 is 1.94 bits per heavy atom. The summed E-state index contributed by atoms with van der Waals surface area (Å²) in [6.45, 7) is 3.37. The van der Waals surface area contributed by atoms with Crippen molar-refractivity contribution in [1.29, 1.82) is 0 Å². The quantitative estimate of drug-likeness (QED) is 0.776. The van der Waals surface area contributed by atoms with Crippen LogP contribution in [0.3, 0.4) is 0 Å². The first-order valence-electron chi connectivity index (χ1n) is 5.78. The molecule has 96 valence electrons. The Morgan fingerprint density at radius 3 is 2.50 bits per heavy atom. The number of aromatic nitrogens is 2. The molecule has 1 aromatic heterocycles. The van der Waals surface area contributed by atoms with Crippen molar-refractivity contribution in [2.45, 2.75) is 24.9 Å². The highest BCUT2D eigenvalue weighted by molar-refractivity contribution is 7.98. The van der Waals surface area contributed by atoms with Crippen molar-refractivity contribution in [3.8, 4) is 0 Å². The third-order valence-electron chi connectivity index (χ3n) is 2.59. The lowest BCUT2D eigenvalue weighted by molar-refractivity contribution is 0.260. The Kier molecular flexibility index (Phi) is 4.38. The van der Waals surface area contributed by atoms with Crippen LogP contribution >= 0.6 is 11.8 Å². The molecule has 18 heavy (non-hydrogen) atoms. The van der Waals surface area contributed by atoms with Crippen molar-refractivity contribution in [1.82, 2.24) is 15.0 Å². The van der Waals surface area contributed by atoms with Crippen LogP contribution in [-0.4, -0.2) is 28.3 Å². The number of hydrogen-bond acceptors (Lipinski definition) is 5. The average molecular weight is 263 g/mol. The van der Waals surface area contributed by atoms with Gasteiger partial charge in [-0.3, -0.25) is 4.90 Å². The normalized spacial score (nSPS) is 11.1. The minimum absolute atomic E-state index is 0.663. The molecule has 4 nitrogen and oxygen atoms in total. The number of rotatable bonds is 5. The largest absolute Gasteiger partial charge is 0.338 e. The van der Waals surface area contributed by atoms with Crippen molar-refractivity contribution in [2.24, 2.45) is 0 Å². The van der Waals surface area contributed by atoms with E-state index >= 15 is 0 Å². The van der Waals surface area contributed by atoms with Gasteiger partial charge in [-0.15, -0.1) is 11.8 Å². The van der Waals surface area contributed by atoms with Gasteiger partial charge in [-0.25, -0.2) is 0 Å². The highest BCUT2D eigenvalue weighted by Crippen LogP contribution is 2.16. The predicted octanol–water partition coefficient (Wildman–Crippen LogP) is 2.73. The summed E-state index contributed by atoms with van der Waals surface area (Å²) in [7, 11) is 2.04. The van der Waals surface area contributed by atoms with Crippen LogP contribution in [0.25, 0.3) is 0 Å². The maximum absolute atomic E-state index is 5.10. The Labute approximate surface area is 111 Å². The van der Waals surface area contributed by atoms with Crippen LogP contribution in [0.1, 0.15) is 17.3 Å². The van der Waals surface area contributed by atoms with E-state index in [9.17, 15) is 0 Å². The summed E-state index contributed by atoms with van der Waals surface area (Å²) < 4.78 is 5.10. The second-order valence-electron chi connectivity index (χ2n) is 4.26. The molecular formula is C13H17N3OS. The van der Waals surface area contributed by atoms with Gasteiger partial charge in [0.2, 0.25) is 5.89 Å². The topological polar surface area (TPSA) is 42.2 Å². The summed E-state index contributed by atoms with van der Waals surface area (Å²) in [4.78, 5) is 7.64. The molecule has 1 heterocycles. The zero-order chi connectivity index (χ0) is 13.0. The molecule has 0 unspecified atom stereocenters. The standard InChI is InChI=1S/C13H17N3OS/c1-10-14-13(17-15-10)9-16(2)8-11-4-6-12(18-3)7-5-11/h4-7H,8-9H2,1-3H3. The fourth-order valence-electron chi connectivity index (χ4n) is 1.73. The first-order valence-corrected chi connectivity index (χ1v) is 7.00. The van der Waals surface area contributed by atoms with Gasteiger partial charge in [-0.05, 0) is 37.9 Å². The van der Waals surface area contributed by atoms with Gasteiger partial charge in [-0.1, -0.05) is 17.3 Å². The summed E-state index contributed by atoms with van der Waals surface area (Å²) in [5.41, 5.74) is 1.28. The van der Waals surface area contributed by atoms with Crippen LogP contribution in [0.2, 0.25) is 0 Å². The van der Waals surface area contributed by atoms with Gasteiger partial charge in [-0.2, -0.15) is 4.98 Å². The van der Waals surface area contributed by atoms with E-state index in [-0.39, 0.29) is 0 Å². The third kappa shape index (κ3) is 3.58. The second-order valence-corrected chi connectivity index (χ2v) is 5.14. The molecule has 0 radical (unpaired) electrons. The molecule has 0 aliphatic rings. The smallest absolute Gasteiger partial charge is 0.240 e. The molecule has 0 spiro atoms. The maximum atomic E-state index is 5.10. The van der Waals surface area contributed by atoms with Gasteiger partial charge in [0.1, 0.15) is 0 Å². The van der Waals surface area contributed by atoms with Gasteiger partial charge in [0.25, 0.3) is 0 Å². The molecular weight excluding hydrogens is 246 g/mol. The Morgan fingerprint density at radius 1 is 1.22 bits per heavy atom. The predicted molar refractivity (Wildman–Crippen MR) is 72.4 cm³/mol. The van der Waals surface area contributed by atoms with Crippen LogP contribution < -0.4 is 0 Å². The van der Waals surface area contributed by atoms with Crippen molar-refractivity contribution >= 4 is 11.8 Å². The van der Waals surface area contributed by atoms with Gasteiger partial charge in [0, 0.05) is 11.4 Å². The monoisotopic (exact) mass is 263 g/mol. The van der Waals surface area contributed by atoms with Crippen LogP contribution in [-0.2, 0) is 13.1 Å². The zero-order valence-corrected chi connectivity index (χ0v) is 11.7. The number of thioether (sulfide) groups is 1. The fourth-order valence-corrected chi connectivity index (χ4v) is 2.14. The molecule has 1 aromatic carbocycles. The minimum Gasteiger partial charge on any atom is -0.338 e. The second kappa shape index (κ2) is 6.02. The van der Waals surface area contributed by atoms with Crippen LogP contribution in [0.4, 0.5) is 0 Å². The van der Waals surface area contributed by atoms with E-state index in [0.29, 0.717) is 18.3 Å². The Balaban J connectivity index is 1.91. The summed E-state index contributed by atoms with van der Waals surface area (Å²) in [6, 6.07) is 8.60. The molecule has 2 rings (SSSR count). The highest BCUT2D eigenvalue weighted by atomic mass is 32.2. The fraction of sp³-hybridized carbons (Fsp3) is 0.385. The summed E-state index contributed by atoms with van der Waals surface area (Å²) in [6.07, 6.45) is 2.08. The van der Waals surface area contributed by atoms with Crippen molar-refractivity contribution < 1.29 is 4.52 Å². The lowest BCUT2D eigenvalue weighted by Gasteiger charge is -2.14. The van der Waals surface area contributed by atoms with Crippen molar-refractivity contribution in [3.05, 3.63) is 41.5 Å². The molecule has 0 aliphatic carbocycles. The van der Waals surface area contributed by atoms with Crippen LogP contribution in [0, 0.1) is 6.92 Å². The molecule has 0 saturated carbocycles. The van der Waals surface area contributed by atoms with E-state index in [1.165, 1.54) is 10.5 Å². The molecule has 0 fully saturated rings. The Bertz CT molecular complexity index is 495.